The predicted molar refractivity (Wildman–Crippen MR) is 63.9 cm³/mol. The summed E-state index contributed by atoms with van der Waals surface area (Å²) in [5.74, 6) is 0. The molecule has 3 nitrogen and oxygen atoms in total. The van der Waals surface area contributed by atoms with Gasteiger partial charge in [-0.3, -0.25) is 0 Å². The van der Waals surface area contributed by atoms with Crippen molar-refractivity contribution >= 4 is 0 Å². The van der Waals surface area contributed by atoms with Gasteiger partial charge < -0.3 is 15.6 Å². The first-order valence-corrected chi connectivity index (χ1v) is 6.10. The lowest BCUT2D eigenvalue weighted by molar-refractivity contribution is 0.0609. The Hall–Kier alpha value is -0.120. The third-order valence-electron chi connectivity index (χ3n) is 2.44. The number of hydrogen-bond acceptors (Lipinski definition) is 3. The molecule has 3 heteroatoms. The van der Waals surface area contributed by atoms with Gasteiger partial charge in [0.1, 0.15) is 0 Å². The van der Waals surface area contributed by atoms with Crippen LogP contribution in [0, 0.1) is 0 Å². The quantitative estimate of drug-likeness (QED) is 0.551. The van der Waals surface area contributed by atoms with E-state index in [4.69, 9.17) is 15.6 Å². The van der Waals surface area contributed by atoms with Crippen LogP contribution in [0.3, 0.4) is 0 Å². The van der Waals surface area contributed by atoms with E-state index in [0.717, 1.165) is 13.0 Å². The van der Waals surface area contributed by atoms with E-state index >= 15 is 0 Å². The third-order valence-corrected chi connectivity index (χ3v) is 2.44. The molecule has 0 fully saturated rings. The summed E-state index contributed by atoms with van der Waals surface area (Å²) in [5, 5.41) is 8.89. The second-order valence-corrected chi connectivity index (χ2v) is 4.63. The maximum atomic E-state index is 8.89. The van der Waals surface area contributed by atoms with Crippen molar-refractivity contribution in [2.24, 2.45) is 5.73 Å². The molecule has 0 heterocycles. The normalized spacial score (nSPS) is 15.2. The van der Waals surface area contributed by atoms with Crippen LogP contribution in [0.15, 0.2) is 0 Å². The number of unbranched alkanes of at least 4 members (excludes halogenated alkanes) is 5. The summed E-state index contributed by atoms with van der Waals surface area (Å²) < 4.78 is 5.41. The lowest BCUT2D eigenvalue weighted by Crippen LogP contribution is -2.44. The van der Waals surface area contributed by atoms with Crippen molar-refractivity contribution in [3.63, 3.8) is 0 Å². The largest absolute Gasteiger partial charge is 0.394 e. The van der Waals surface area contributed by atoms with E-state index in [-0.39, 0.29) is 6.61 Å². The first kappa shape index (κ1) is 14.9. The molecule has 0 aromatic heterocycles. The van der Waals surface area contributed by atoms with Crippen molar-refractivity contribution in [3.8, 4) is 0 Å². The Morgan fingerprint density at radius 3 is 2.33 bits per heavy atom. The highest BCUT2D eigenvalue weighted by atomic mass is 16.5. The van der Waals surface area contributed by atoms with Crippen molar-refractivity contribution in [1.82, 2.24) is 0 Å². The summed E-state index contributed by atoms with van der Waals surface area (Å²) in [6.07, 6.45) is 7.61. The molecule has 0 aromatic carbocycles. The Bertz CT molecular complexity index is 138. The third kappa shape index (κ3) is 10.2. The van der Waals surface area contributed by atoms with Crippen molar-refractivity contribution in [3.05, 3.63) is 0 Å². The maximum Gasteiger partial charge on any atom is 0.0665 e. The molecule has 1 unspecified atom stereocenters. The molecule has 0 rings (SSSR count). The molecule has 92 valence electrons. The van der Waals surface area contributed by atoms with Crippen LogP contribution in [-0.4, -0.2) is 30.5 Å². The molecule has 0 amide bonds. The van der Waals surface area contributed by atoms with Crippen LogP contribution in [0.25, 0.3) is 0 Å². The van der Waals surface area contributed by atoms with Gasteiger partial charge in [-0.15, -0.1) is 0 Å². The molecule has 15 heavy (non-hydrogen) atoms. The standard InChI is InChI=1S/C12H27NO2/c1-3-4-5-6-7-8-9-15-11-12(2,13)10-14/h14H,3-11,13H2,1-2H3. The van der Waals surface area contributed by atoms with Crippen LogP contribution >= 0.6 is 0 Å². The Balaban J connectivity index is 3.11. The van der Waals surface area contributed by atoms with E-state index in [2.05, 4.69) is 6.92 Å². The fraction of sp³-hybridized carbons (Fsp3) is 1.00. The average molecular weight is 217 g/mol. The number of hydrogen-bond donors (Lipinski definition) is 2. The second-order valence-electron chi connectivity index (χ2n) is 4.63. The molecule has 0 saturated carbocycles. The van der Waals surface area contributed by atoms with E-state index in [1.807, 2.05) is 0 Å². The monoisotopic (exact) mass is 217 g/mol. The van der Waals surface area contributed by atoms with E-state index in [9.17, 15) is 0 Å². The maximum absolute atomic E-state index is 8.89. The molecule has 1 atom stereocenters. The highest BCUT2D eigenvalue weighted by Gasteiger charge is 2.16. The summed E-state index contributed by atoms with van der Waals surface area (Å²) in [6, 6.07) is 0. The zero-order valence-electron chi connectivity index (χ0n) is 10.3. The molecule has 0 radical (unpaired) electrons. The number of ether oxygens (including phenoxy) is 1. The number of nitrogens with two attached hydrogens (primary N) is 1. The van der Waals surface area contributed by atoms with E-state index in [1.54, 1.807) is 6.92 Å². The molecular weight excluding hydrogens is 190 g/mol. The van der Waals surface area contributed by atoms with Gasteiger partial charge in [0.15, 0.2) is 0 Å². The van der Waals surface area contributed by atoms with Crippen molar-refractivity contribution in [1.29, 1.82) is 0 Å². The molecule has 0 aliphatic carbocycles. The molecule has 0 spiro atoms. The Kier molecular flexibility index (Phi) is 9.06. The van der Waals surface area contributed by atoms with Crippen molar-refractivity contribution < 1.29 is 9.84 Å². The van der Waals surface area contributed by atoms with Crippen LogP contribution in [0.2, 0.25) is 0 Å². The predicted octanol–water partition coefficient (Wildman–Crippen LogP) is 2.07. The van der Waals surface area contributed by atoms with E-state index in [1.165, 1.54) is 32.1 Å². The SMILES string of the molecule is CCCCCCCCOCC(C)(N)CO. The molecule has 0 aromatic rings. The van der Waals surface area contributed by atoms with Gasteiger partial charge >= 0.3 is 0 Å². The summed E-state index contributed by atoms with van der Waals surface area (Å²) in [5.41, 5.74) is 5.14. The van der Waals surface area contributed by atoms with Gasteiger partial charge in [0.2, 0.25) is 0 Å². The van der Waals surface area contributed by atoms with E-state index in [0.29, 0.717) is 6.61 Å². The van der Waals surface area contributed by atoms with Gasteiger partial charge in [0.05, 0.1) is 18.8 Å². The molecule has 3 N–H and O–H groups in total. The Labute approximate surface area is 94.0 Å². The summed E-state index contributed by atoms with van der Waals surface area (Å²) in [4.78, 5) is 0. The van der Waals surface area contributed by atoms with Crippen LogP contribution < -0.4 is 5.73 Å². The summed E-state index contributed by atoms with van der Waals surface area (Å²) >= 11 is 0. The molecule has 0 saturated heterocycles. The first-order chi connectivity index (χ1) is 7.12. The fourth-order valence-electron chi connectivity index (χ4n) is 1.34. The fourth-order valence-corrected chi connectivity index (χ4v) is 1.34. The number of aliphatic hydroxyl groups is 1. The minimum atomic E-state index is -0.581. The van der Waals surface area contributed by atoms with Crippen LogP contribution in [-0.2, 0) is 4.74 Å². The van der Waals surface area contributed by atoms with Crippen LogP contribution in [0.1, 0.15) is 52.4 Å². The number of aliphatic hydroxyl groups excluding tert-OH is 1. The zero-order chi connectivity index (χ0) is 11.6. The highest BCUT2D eigenvalue weighted by molar-refractivity contribution is 4.76. The van der Waals surface area contributed by atoms with Gasteiger partial charge in [0.25, 0.3) is 0 Å². The smallest absolute Gasteiger partial charge is 0.0665 e. The summed E-state index contributed by atoms with van der Waals surface area (Å²) in [6.45, 7) is 5.20. The Morgan fingerprint density at radius 1 is 1.13 bits per heavy atom. The van der Waals surface area contributed by atoms with Crippen molar-refractivity contribution in [2.75, 3.05) is 19.8 Å². The number of rotatable bonds is 10. The minimum absolute atomic E-state index is 0.0243. The second kappa shape index (κ2) is 9.13. The van der Waals surface area contributed by atoms with Gasteiger partial charge in [-0.2, -0.15) is 0 Å². The lowest BCUT2D eigenvalue weighted by Gasteiger charge is -2.21. The lowest BCUT2D eigenvalue weighted by atomic mass is 10.1. The average Bonchev–Trinajstić information content (AvgIpc) is 2.22. The summed E-state index contributed by atoms with van der Waals surface area (Å²) in [7, 11) is 0. The van der Waals surface area contributed by atoms with Gasteiger partial charge in [-0.1, -0.05) is 39.0 Å². The molecular formula is C12H27NO2. The van der Waals surface area contributed by atoms with Gasteiger partial charge in [-0.05, 0) is 13.3 Å². The highest BCUT2D eigenvalue weighted by Crippen LogP contribution is 2.05. The molecule has 0 aliphatic heterocycles. The van der Waals surface area contributed by atoms with E-state index < -0.39 is 5.54 Å². The molecule has 0 bridgehead atoms. The van der Waals surface area contributed by atoms with Crippen molar-refractivity contribution in [2.45, 2.75) is 57.9 Å². The Morgan fingerprint density at radius 2 is 1.73 bits per heavy atom. The van der Waals surface area contributed by atoms with Crippen LogP contribution in [0.4, 0.5) is 0 Å². The van der Waals surface area contributed by atoms with Crippen LogP contribution in [0.5, 0.6) is 0 Å². The minimum Gasteiger partial charge on any atom is -0.394 e. The topological polar surface area (TPSA) is 55.5 Å². The first-order valence-electron chi connectivity index (χ1n) is 6.10. The van der Waals surface area contributed by atoms with Gasteiger partial charge in [0, 0.05) is 6.61 Å². The molecule has 0 aliphatic rings. The zero-order valence-corrected chi connectivity index (χ0v) is 10.3. The van der Waals surface area contributed by atoms with Gasteiger partial charge in [-0.25, -0.2) is 0 Å².